The molecule has 0 aliphatic carbocycles. The lowest BCUT2D eigenvalue weighted by Gasteiger charge is -2.33. The number of aliphatic carboxylic acids is 1. The number of nitrogens with zero attached hydrogens (tertiary/aromatic N) is 2. The van der Waals surface area contributed by atoms with Crippen LogP contribution in [-0.4, -0.2) is 59.0 Å². The number of benzene rings is 2. The summed E-state index contributed by atoms with van der Waals surface area (Å²) in [6.07, 6.45) is 0.717. The maximum Gasteiger partial charge on any atom is 0.409 e. The van der Waals surface area contributed by atoms with Crippen LogP contribution in [0.3, 0.4) is 0 Å². The third-order valence-electron chi connectivity index (χ3n) is 6.09. The Morgan fingerprint density at radius 3 is 2.79 bits per heavy atom. The number of likely N-dealkylation sites (tertiary alicyclic amines) is 1. The average Bonchev–Trinajstić information content (AvgIpc) is 3.22. The molecular formula is C26H30N2O6. The van der Waals surface area contributed by atoms with Gasteiger partial charge in [-0.3, -0.25) is 0 Å². The van der Waals surface area contributed by atoms with Gasteiger partial charge in [0, 0.05) is 18.5 Å². The van der Waals surface area contributed by atoms with E-state index in [9.17, 15) is 14.7 Å². The summed E-state index contributed by atoms with van der Waals surface area (Å²) < 4.78 is 17.0. The van der Waals surface area contributed by atoms with Crippen molar-refractivity contribution in [2.45, 2.75) is 51.7 Å². The number of amides is 1. The average molecular weight is 467 g/mol. The SMILES string of the molecule is CCC(OC1CCCN(C(=O)OCCc2nc(-c3ccc4ccccc4c3)oc2C)C1)C(=O)O. The van der Waals surface area contributed by atoms with Gasteiger partial charge in [0.1, 0.15) is 5.76 Å². The minimum atomic E-state index is -0.978. The molecule has 3 aromatic rings. The standard InChI is InChI=1S/C26H30N2O6/c1-3-23(25(29)30)34-21-9-6-13-28(16-21)26(31)32-14-12-22-17(2)33-24(27-22)20-11-10-18-7-4-5-8-19(18)15-20/h4-5,7-8,10-11,15,21,23H,3,6,9,12-14,16H2,1-2H3,(H,29,30). The van der Waals surface area contributed by atoms with Crippen molar-refractivity contribution in [3.63, 3.8) is 0 Å². The fraction of sp³-hybridized carbons (Fsp3) is 0.423. The number of rotatable bonds is 8. The molecule has 1 amide bonds. The van der Waals surface area contributed by atoms with E-state index in [0.717, 1.165) is 34.9 Å². The van der Waals surface area contributed by atoms with E-state index < -0.39 is 18.2 Å². The molecule has 1 aliphatic rings. The number of carboxylic acid groups (broad SMARTS) is 1. The molecule has 0 bridgehead atoms. The van der Waals surface area contributed by atoms with Crippen LogP contribution >= 0.6 is 0 Å². The number of hydrogen-bond donors (Lipinski definition) is 1. The summed E-state index contributed by atoms with van der Waals surface area (Å²) in [7, 11) is 0. The summed E-state index contributed by atoms with van der Waals surface area (Å²) >= 11 is 0. The topological polar surface area (TPSA) is 102 Å². The van der Waals surface area contributed by atoms with Crippen molar-refractivity contribution in [3.8, 4) is 11.5 Å². The predicted octanol–water partition coefficient (Wildman–Crippen LogP) is 4.83. The van der Waals surface area contributed by atoms with E-state index in [1.165, 1.54) is 0 Å². The number of carbonyl (C=O) groups is 2. The summed E-state index contributed by atoms with van der Waals surface area (Å²) in [6.45, 7) is 4.70. The largest absolute Gasteiger partial charge is 0.479 e. The molecule has 0 saturated carbocycles. The Hall–Kier alpha value is -3.39. The molecule has 1 aromatic heterocycles. The molecular weight excluding hydrogens is 436 g/mol. The molecule has 1 fully saturated rings. The number of hydrogen-bond acceptors (Lipinski definition) is 6. The molecule has 180 valence electrons. The predicted molar refractivity (Wildman–Crippen MR) is 127 cm³/mol. The number of carboxylic acids is 1. The van der Waals surface area contributed by atoms with Gasteiger partial charge in [-0.1, -0.05) is 37.3 Å². The van der Waals surface area contributed by atoms with Crippen LogP contribution in [0.5, 0.6) is 0 Å². The molecule has 4 rings (SSSR count). The molecule has 1 saturated heterocycles. The van der Waals surface area contributed by atoms with Crippen LogP contribution in [0.25, 0.3) is 22.2 Å². The summed E-state index contributed by atoms with van der Waals surface area (Å²) in [5.41, 5.74) is 1.65. The number of piperidine rings is 1. The molecule has 2 heterocycles. The monoisotopic (exact) mass is 466 g/mol. The Bertz CT molecular complexity index is 1160. The van der Waals surface area contributed by atoms with Gasteiger partial charge in [-0.15, -0.1) is 0 Å². The highest BCUT2D eigenvalue weighted by atomic mass is 16.6. The molecule has 0 spiro atoms. The van der Waals surface area contributed by atoms with Crippen LogP contribution < -0.4 is 0 Å². The van der Waals surface area contributed by atoms with Gasteiger partial charge in [0.2, 0.25) is 5.89 Å². The van der Waals surface area contributed by atoms with E-state index in [1.54, 1.807) is 11.8 Å². The molecule has 1 aliphatic heterocycles. The first kappa shape index (κ1) is 23.8. The zero-order valence-corrected chi connectivity index (χ0v) is 19.5. The number of ether oxygens (including phenoxy) is 2. The van der Waals surface area contributed by atoms with E-state index in [1.807, 2.05) is 37.3 Å². The van der Waals surface area contributed by atoms with E-state index in [4.69, 9.17) is 13.9 Å². The minimum absolute atomic E-state index is 0.179. The molecule has 2 aromatic carbocycles. The summed E-state index contributed by atoms with van der Waals surface area (Å²) in [4.78, 5) is 30.0. The van der Waals surface area contributed by atoms with Gasteiger partial charge in [0.25, 0.3) is 0 Å². The lowest BCUT2D eigenvalue weighted by molar-refractivity contribution is -0.156. The molecule has 8 heteroatoms. The molecule has 2 unspecified atom stereocenters. The van der Waals surface area contributed by atoms with Crippen LogP contribution in [-0.2, 0) is 20.7 Å². The van der Waals surface area contributed by atoms with E-state index in [0.29, 0.717) is 37.6 Å². The van der Waals surface area contributed by atoms with Crippen LogP contribution in [0.1, 0.15) is 37.6 Å². The smallest absolute Gasteiger partial charge is 0.409 e. The number of aromatic nitrogens is 1. The second-order valence-corrected chi connectivity index (χ2v) is 8.53. The zero-order chi connectivity index (χ0) is 24.1. The third-order valence-corrected chi connectivity index (χ3v) is 6.09. The Labute approximate surface area is 198 Å². The van der Waals surface area contributed by atoms with Crippen LogP contribution in [0.4, 0.5) is 4.79 Å². The second kappa shape index (κ2) is 10.7. The molecule has 0 radical (unpaired) electrons. The van der Waals surface area contributed by atoms with Gasteiger partial charge in [0.15, 0.2) is 6.10 Å². The lowest BCUT2D eigenvalue weighted by atomic mass is 10.1. The number of aryl methyl sites for hydroxylation is 1. The van der Waals surface area contributed by atoms with Crippen molar-refractivity contribution in [2.24, 2.45) is 0 Å². The van der Waals surface area contributed by atoms with Gasteiger partial charge in [0.05, 0.1) is 24.9 Å². The fourth-order valence-electron chi connectivity index (χ4n) is 4.21. The Kier molecular flexibility index (Phi) is 7.47. The molecule has 8 nitrogen and oxygen atoms in total. The van der Waals surface area contributed by atoms with Gasteiger partial charge >= 0.3 is 12.1 Å². The van der Waals surface area contributed by atoms with Crippen molar-refractivity contribution >= 4 is 22.8 Å². The van der Waals surface area contributed by atoms with Crippen LogP contribution in [0.15, 0.2) is 46.9 Å². The molecule has 34 heavy (non-hydrogen) atoms. The highest BCUT2D eigenvalue weighted by Crippen LogP contribution is 2.26. The first-order chi connectivity index (χ1) is 16.4. The Morgan fingerprint density at radius 1 is 1.24 bits per heavy atom. The number of oxazole rings is 1. The van der Waals surface area contributed by atoms with Gasteiger partial charge in [-0.2, -0.15) is 0 Å². The van der Waals surface area contributed by atoms with Gasteiger partial charge < -0.3 is 23.9 Å². The number of carbonyl (C=O) groups excluding carboxylic acids is 1. The summed E-state index contributed by atoms with van der Waals surface area (Å²) in [5.74, 6) is 0.266. The first-order valence-electron chi connectivity index (χ1n) is 11.7. The second-order valence-electron chi connectivity index (χ2n) is 8.53. The first-order valence-corrected chi connectivity index (χ1v) is 11.7. The minimum Gasteiger partial charge on any atom is -0.479 e. The maximum absolute atomic E-state index is 12.5. The van der Waals surface area contributed by atoms with Crippen molar-refractivity contribution in [1.29, 1.82) is 0 Å². The lowest BCUT2D eigenvalue weighted by Crippen LogP contribution is -2.45. The van der Waals surface area contributed by atoms with Gasteiger partial charge in [-0.25, -0.2) is 14.6 Å². The number of fused-ring (bicyclic) bond motifs is 1. The maximum atomic E-state index is 12.5. The molecule has 2 atom stereocenters. The quantitative estimate of drug-likeness (QED) is 0.507. The Morgan fingerprint density at radius 2 is 2.03 bits per heavy atom. The fourth-order valence-corrected chi connectivity index (χ4v) is 4.21. The summed E-state index contributed by atoms with van der Waals surface area (Å²) in [6, 6.07) is 14.2. The third kappa shape index (κ3) is 5.56. The van der Waals surface area contributed by atoms with Crippen LogP contribution in [0.2, 0.25) is 0 Å². The van der Waals surface area contributed by atoms with E-state index in [2.05, 4.69) is 17.1 Å². The van der Waals surface area contributed by atoms with E-state index in [-0.39, 0.29) is 12.7 Å². The molecule has 1 N–H and O–H groups in total. The Balaban J connectivity index is 1.31. The highest BCUT2D eigenvalue weighted by molar-refractivity contribution is 5.86. The van der Waals surface area contributed by atoms with Crippen molar-refractivity contribution in [2.75, 3.05) is 19.7 Å². The van der Waals surface area contributed by atoms with Gasteiger partial charge in [-0.05, 0) is 49.1 Å². The van der Waals surface area contributed by atoms with Crippen molar-refractivity contribution in [1.82, 2.24) is 9.88 Å². The van der Waals surface area contributed by atoms with E-state index >= 15 is 0 Å². The zero-order valence-electron chi connectivity index (χ0n) is 19.5. The van der Waals surface area contributed by atoms with Crippen molar-refractivity contribution in [3.05, 3.63) is 53.9 Å². The van der Waals surface area contributed by atoms with Crippen molar-refractivity contribution < 1.29 is 28.6 Å². The normalized spacial score (nSPS) is 17.0. The summed E-state index contributed by atoms with van der Waals surface area (Å²) in [5, 5.41) is 11.5. The highest BCUT2D eigenvalue weighted by Gasteiger charge is 2.29. The van der Waals surface area contributed by atoms with Crippen LogP contribution in [0, 0.1) is 6.92 Å².